The number of amides is 1. The highest BCUT2D eigenvalue weighted by Gasteiger charge is 2.09. The highest BCUT2D eigenvalue weighted by Crippen LogP contribution is 2.11. The van der Waals surface area contributed by atoms with Crippen molar-refractivity contribution in [2.45, 2.75) is 6.92 Å². The first-order chi connectivity index (χ1) is 12.2. The maximum absolute atomic E-state index is 11.8. The average Bonchev–Trinajstić information content (AvgIpc) is 3.07. The second kappa shape index (κ2) is 7.86. The van der Waals surface area contributed by atoms with Crippen LogP contribution in [0.4, 0.5) is 17.5 Å². The zero-order chi connectivity index (χ0) is 17.5. The second-order valence-electron chi connectivity index (χ2n) is 5.15. The molecule has 0 fully saturated rings. The molecule has 0 bridgehead atoms. The van der Waals surface area contributed by atoms with E-state index >= 15 is 0 Å². The third-order valence-electron chi connectivity index (χ3n) is 3.16. The first-order valence-electron chi connectivity index (χ1n) is 7.68. The zero-order valence-electron chi connectivity index (χ0n) is 13.6. The number of hydrogen-bond donors (Lipinski definition) is 3. The number of rotatable bonds is 7. The van der Waals surface area contributed by atoms with Crippen molar-refractivity contribution in [1.82, 2.24) is 25.7 Å². The Morgan fingerprint density at radius 1 is 1.08 bits per heavy atom. The topological polar surface area (TPSA) is 118 Å². The van der Waals surface area contributed by atoms with Crippen molar-refractivity contribution in [2.24, 2.45) is 0 Å². The molecule has 0 aliphatic rings. The number of pyridine rings is 1. The van der Waals surface area contributed by atoms with Crippen LogP contribution in [0.25, 0.3) is 0 Å². The van der Waals surface area contributed by atoms with Gasteiger partial charge in [-0.1, -0.05) is 11.2 Å². The lowest BCUT2D eigenvalue weighted by Crippen LogP contribution is -2.29. The van der Waals surface area contributed by atoms with E-state index in [-0.39, 0.29) is 11.6 Å². The predicted octanol–water partition coefficient (Wildman–Crippen LogP) is 1.75. The molecule has 128 valence electrons. The summed E-state index contributed by atoms with van der Waals surface area (Å²) in [5.74, 6) is 2.22. The highest BCUT2D eigenvalue weighted by atomic mass is 16.5. The largest absolute Gasteiger partial charge is 0.367 e. The van der Waals surface area contributed by atoms with Crippen molar-refractivity contribution in [2.75, 3.05) is 23.7 Å². The van der Waals surface area contributed by atoms with Crippen LogP contribution in [0.3, 0.4) is 0 Å². The van der Waals surface area contributed by atoms with Crippen LogP contribution in [-0.4, -0.2) is 39.3 Å². The molecule has 0 aromatic carbocycles. The number of carbonyl (C=O) groups excluding carboxylic acids is 1. The Kier molecular flexibility index (Phi) is 5.15. The summed E-state index contributed by atoms with van der Waals surface area (Å²) in [6.07, 6.45) is 1.69. The van der Waals surface area contributed by atoms with Crippen LogP contribution in [0.15, 0.2) is 47.1 Å². The summed E-state index contributed by atoms with van der Waals surface area (Å²) < 4.78 is 4.86. The minimum Gasteiger partial charge on any atom is -0.367 e. The SMILES string of the molecule is Cc1cc(C(=O)NCCNc2ccc(Nc3ccccn3)nn2)no1. The van der Waals surface area contributed by atoms with Gasteiger partial charge >= 0.3 is 0 Å². The number of anilines is 3. The molecule has 0 unspecified atom stereocenters. The van der Waals surface area contributed by atoms with Gasteiger partial charge in [-0.15, -0.1) is 10.2 Å². The third kappa shape index (κ3) is 4.74. The van der Waals surface area contributed by atoms with Gasteiger partial charge in [0, 0.05) is 25.4 Å². The zero-order valence-corrected chi connectivity index (χ0v) is 13.6. The summed E-state index contributed by atoms with van der Waals surface area (Å²) in [4.78, 5) is 15.9. The molecule has 0 spiro atoms. The lowest BCUT2D eigenvalue weighted by molar-refractivity contribution is 0.0946. The maximum atomic E-state index is 11.8. The van der Waals surface area contributed by atoms with Crippen LogP contribution < -0.4 is 16.0 Å². The summed E-state index contributed by atoms with van der Waals surface area (Å²) in [5, 5.41) is 20.6. The molecular weight excluding hydrogens is 322 g/mol. The van der Waals surface area contributed by atoms with Gasteiger partial charge < -0.3 is 20.5 Å². The second-order valence-corrected chi connectivity index (χ2v) is 5.15. The molecule has 0 aliphatic carbocycles. The van der Waals surface area contributed by atoms with Gasteiger partial charge in [-0.25, -0.2) is 4.98 Å². The Labute approximate surface area is 143 Å². The molecular formula is C16H17N7O2. The van der Waals surface area contributed by atoms with E-state index in [4.69, 9.17) is 4.52 Å². The molecule has 3 aromatic heterocycles. The average molecular weight is 339 g/mol. The van der Waals surface area contributed by atoms with Gasteiger partial charge in [-0.3, -0.25) is 4.79 Å². The molecule has 0 saturated carbocycles. The van der Waals surface area contributed by atoms with Crippen LogP contribution >= 0.6 is 0 Å². The van der Waals surface area contributed by atoms with Gasteiger partial charge in [-0.05, 0) is 31.2 Å². The third-order valence-corrected chi connectivity index (χ3v) is 3.16. The Balaban J connectivity index is 1.42. The number of hydrogen-bond acceptors (Lipinski definition) is 8. The first kappa shape index (κ1) is 16.4. The van der Waals surface area contributed by atoms with Crippen LogP contribution in [0.5, 0.6) is 0 Å². The van der Waals surface area contributed by atoms with Crippen LogP contribution in [0.2, 0.25) is 0 Å². The van der Waals surface area contributed by atoms with Gasteiger partial charge in [0.2, 0.25) is 0 Å². The lowest BCUT2D eigenvalue weighted by atomic mass is 10.3. The summed E-state index contributed by atoms with van der Waals surface area (Å²) in [6.45, 7) is 2.65. The van der Waals surface area contributed by atoms with Crippen LogP contribution in [0, 0.1) is 6.92 Å². The fourth-order valence-electron chi connectivity index (χ4n) is 1.99. The normalized spacial score (nSPS) is 10.3. The van der Waals surface area contributed by atoms with E-state index in [1.54, 1.807) is 31.3 Å². The van der Waals surface area contributed by atoms with E-state index < -0.39 is 0 Å². The number of nitrogens with one attached hydrogen (secondary N) is 3. The number of carbonyl (C=O) groups is 1. The Morgan fingerprint density at radius 2 is 1.92 bits per heavy atom. The van der Waals surface area contributed by atoms with Crippen molar-refractivity contribution in [1.29, 1.82) is 0 Å². The predicted molar refractivity (Wildman–Crippen MR) is 91.6 cm³/mol. The van der Waals surface area contributed by atoms with Gasteiger partial charge in [-0.2, -0.15) is 0 Å². The fourth-order valence-corrected chi connectivity index (χ4v) is 1.99. The van der Waals surface area contributed by atoms with Crippen LogP contribution in [0.1, 0.15) is 16.2 Å². The van der Waals surface area contributed by atoms with Crippen molar-refractivity contribution < 1.29 is 9.32 Å². The molecule has 0 aliphatic heterocycles. The minimum absolute atomic E-state index is 0.266. The quantitative estimate of drug-likeness (QED) is 0.557. The van der Waals surface area contributed by atoms with Crippen molar-refractivity contribution in [3.63, 3.8) is 0 Å². The fraction of sp³-hybridized carbons (Fsp3) is 0.188. The molecule has 3 N–H and O–H groups in total. The molecule has 3 aromatic rings. The summed E-state index contributed by atoms with van der Waals surface area (Å²) in [6, 6.07) is 10.7. The number of aromatic nitrogens is 4. The molecule has 0 radical (unpaired) electrons. The van der Waals surface area contributed by atoms with Gasteiger partial charge in [0.05, 0.1) is 0 Å². The summed E-state index contributed by atoms with van der Waals surface area (Å²) in [5.41, 5.74) is 0.266. The molecule has 9 heteroatoms. The maximum Gasteiger partial charge on any atom is 0.273 e. The van der Waals surface area contributed by atoms with E-state index in [9.17, 15) is 4.79 Å². The monoisotopic (exact) mass is 339 g/mol. The van der Waals surface area contributed by atoms with Crippen LogP contribution in [-0.2, 0) is 0 Å². The van der Waals surface area contributed by atoms with Gasteiger partial charge in [0.1, 0.15) is 17.4 Å². The standard InChI is InChI=1S/C16H17N7O2/c1-11-10-12(23-25-11)16(24)19-9-8-18-14-5-6-15(22-21-14)20-13-4-2-3-7-17-13/h2-7,10H,8-9H2,1H3,(H,18,21)(H,19,24)(H,17,20,22). The van der Waals surface area contributed by atoms with E-state index in [2.05, 4.69) is 36.3 Å². The lowest BCUT2D eigenvalue weighted by Gasteiger charge is -2.07. The van der Waals surface area contributed by atoms with Gasteiger partial charge in [0.15, 0.2) is 11.5 Å². The molecule has 1 amide bonds. The molecule has 25 heavy (non-hydrogen) atoms. The number of aryl methyl sites for hydroxylation is 1. The summed E-state index contributed by atoms with van der Waals surface area (Å²) >= 11 is 0. The molecule has 0 atom stereocenters. The molecule has 3 heterocycles. The van der Waals surface area contributed by atoms with E-state index in [0.717, 1.165) is 0 Å². The Morgan fingerprint density at radius 3 is 2.60 bits per heavy atom. The smallest absolute Gasteiger partial charge is 0.273 e. The van der Waals surface area contributed by atoms with E-state index in [1.165, 1.54) is 0 Å². The molecule has 9 nitrogen and oxygen atoms in total. The highest BCUT2D eigenvalue weighted by molar-refractivity contribution is 5.92. The summed E-state index contributed by atoms with van der Waals surface area (Å²) in [7, 11) is 0. The van der Waals surface area contributed by atoms with Crippen molar-refractivity contribution in [3.8, 4) is 0 Å². The molecule has 0 saturated heterocycles. The van der Waals surface area contributed by atoms with Gasteiger partial charge in [0.25, 0.3) is 5.91 Å². The minimum atomic E-state index is -0.278. The Hall–Kier alpha value is -3.49. The van der Waals surface area contributed by atoms with E-state index in [0.29, 0.717) is 36.3 Å². The number of nitrogens with zero attached hydrogens (tertiary/aromatic N) is 4. The van der Waals surface area contributed by atoms with Crippen molar-refractivity contribution in [3.05, 3.63) is 54.0 Å². The molecule has 3 rings (SSSR count). The first-order valence-corrected chi connectivity index (χ1v) is 7.68. The van der Waals surface area contributed by atoms with Crippen molar-refractivity contribution >= 4 is 23.4 Å². The Bertz CT molecular complexity index is 818. The van der Waals surface area contributed by atoms with E-state index in [1.807, 2.05) is 18.2 Å².